The number of hydrogen-bond acceptors (Lipinski definition) is 5. The largest absolute Gasteiger partial charge is 0.469 e. The molecule has 0 spiro atoms. The Morgan fingerprint density at radius 1 is 1.00 bits per heavy atom. The van der Waals surface area contributed by atoms with Crippen LogP contribution in [0.1, 0.15) is 22.5 Å². The average molecular weight is 380 g/mol. The predicted molar refractivity (Wildman–Crippen MR) is 108 cm³/mol. The molecule has 0 aliphatic heterocycles. The summed E-state index contributed by atoms with van der Waals surface area (Å²) >= 11 is 3.21. The van der Waals surface area contributed by atoms with Crippen molar-refractivity contribution < 1.29 is 14.3 Å². The lowest BCUT2D eigenvalue weighted by Crippen LogP contribution is -2.04. The maximum Gasteiger partial charge on any atom is 0.305 e. The zero-order chi connectivity index (χ0) is 18.1. The molecule has 0 saturated carbocycles. The van der Waals surface area contributed by atoms with Gasteiger partial charge in [-0.25, -0.2) is 0 Å². The standard InChI is InChI=1S/C21H16O3S2/c1-24-20(23)10-9-17(22)19-11-13(12-25-19)14-6-4-7-16-15-5-2-3-8-18(15)26-21(14)16/h2-8,11-12H,9-10H2,1H3. The number of Topliss-reactive ketones (excluding diaryl/α,β-unsaturated/α-hetero) is 1. The van der Waals surface area contributed by atoms with Crippen molar-refractivity contribution in [3.05, 3.63) is 58.8 Å². The third-order valence-electron chi connectivity index (χ3n) is 4.37. The highest BCUT2D eigenvalue weighted by molar-refractivity contribution is 7.26. The fourth-order valence-corrected chi connectivity index (χ4v) is 5.15. The van der Waals surface area contributed by atoms with Crippen molar-refractivity contribution in [1.29, 1.82) is 0 Å². The van der Waals surface area contributed by atoms with Crippen molar-refractivity contribution in [3.63, 3.8) is 0 Å². The quantitative estimate of drug-likeness (QED) is 0.319. The average Bonchev–Trinajstić information content (AvgIpc) is 3.30. The summed E-state index contributed by atoms with van der Waals surface area (Å²) < 4.78 is 7.10. The van der Waals surface area contributed by atoms with Gasteiger partial charge in [-0.1, -0.05) is 36.4 Å². The molecule has 130 valence electrons. The van der Waals surface area contributed by atoms with Crippen LogP contribution in [-0.4, -0.2) is 18.9 Å². The number of fused-ring (bicyclic) bond motifs is 3. The van der Waals surface area contributed by atoms with E-state index < -0.39 is 0 Å². The maximum atomic E-state index is 12.3. The van der Waals surface area contributed by atoms with E-state index in [1.807, 2.05) is 11.4 Å². The van der Waals surface area contributed by atoms with Gasteiger partial charge >= 0.3 is 5.97 Å². The number of ether oxygens (including phenoxy) is 1. The van der Waals surface area contributed by atoms with Crippen molar-refractivity contribution >= 4 is 54.6 Å². The third-order valence-corrected chi connectivity index (χ3v) is 6.56. The van der Waals surface area contributed by atoms with Crippen molar-refractivity contribution in [3.8, 4) is 11.1 Å². The molecule has 0 unspecified atom stereocenters. The van der Waals surface area contributed by atoms with Crippen molar-refractivity contribution in [2.45, 2.75) is 12.8 Å². The molecule has 3 nitrogen and oxygen atoms in total. The Hall–Kier alpha value is -2.50. The van der Waals surface area contributed by atoms with Crippen molar-refractivity contribution in [2.24, 2.45) is 0 Å². The minimum Gasteiger partial charge on any atom is -0.469 e. The lowest BCUT2D eigenvalue weighted by atomic mass is 10.0. The summed E-state index contributed by atoms with van der Waals surface area (Å²) in [5.41, 5.74) is 2.19. The van der Waals surface area contributed by atoms with Gasteiger partial charge in [0.2, 0.25) is 0 Å². The van der Waals surface area contributed by atoms with Gasteiger partial charge in [0.15, 0.2) is 5.78 Å². The second kappa shape index (κ2) is 7.02. The molecule has 4 aromatic rings. The number of hydrogen-bond donors (Lipinski definition) is 0. The van der Waals surface area contributed by atoms with Gasteiger partial charge in [0.05, 0.1) is 18.4 Å². The van der Waals surface area contributed by atoms with Gasteiger partial charge < -0.3 is 4.74 Å². The molecule has 0 saturated heterocycles. The van der Waals surface area contributed by atoms with Gasteiger partial charge in [-0.3, -0.25) is 9.59 Å². The van der Waals surface area contributed by atoms with E-state index in [1.54, 1.807) is 11.3 Å². The number of ketones is 1. The molecular formula is C21H16O3S2. The number of carbonyl (C=O) groups is 2. The van der Waals surface area contributed by atoms with Gasteiger partial charge in [-0.15, -0.1) is 22.7 Å². The van der Waals surface area contributed by atoms with Gasteiger partial charge in [0.25, 0.3) is 0 Å². The summed E-state index contributed by atoms with van der Waals surface area (Å²) in [6.07, 6.45) is 0.300. The fraction of sp³-hybridized carbons (Fsp3) is 0.143. The molecule has 2 heterocycles. The fourth-order valence-electron chi connectivity index (χ4n) is 3.04. The van der Waals surface area contributed by atoms with Crippen LogP contribution < -0.4 is 0 Å². The molecular weight excluding hydrogens is 364 g/mol. The Kier molecular flexibility index (Phi) is 4.57. The molecule has 2 aromatic heterocycles. The SMILES string of the molecule is COC(=O)CCC(=O)c1cc(-c2cccc3c2sc2ccccc23)cs1. The van der Waals surface area contributed by atoms with Crippen LogP contribution >= 0.6 is 22.7 Å². The first-order valence-electron chi connectivity index (χ1n) is 8.26. The summed E-state index contributed by atoms with van der Waals surface area (Å²) in [7, 11) is 1.34. The molecule has 2 aromatic carbocycles. The van der Waals surface area contributed by atoms with Gasteiger partial charge in [-0.05, 0) is 23.1 Å². The zero-order valence-electron chi connectivity index (χ0n) is 14.2. The number of benzene rings is 2. The molecule has 5 heteroatoms. The number of thiophene rings is 2. The first-order chi connectivity index (χ1) is 12.7. The van der Waals surface area contributed by atoms with Crippen LogP contribution in [0.3, 0.4) is 0 Å². The summed E-state index contributed by atoms with van der Waals surface area (Å²) in [6, 6.07) is 16.6. The minimum absolute atomic E-state index is 0.0184. The molecule has 0 N–H and O–H groups in total. The van der Waals surface area contributed by atoms with Crippen LogP contribution in [-0.2, 0) is 9.53 Å². The van der Waals surface area contributed by atoms with Crippen molar-refractivity contribution in [2.75, 3.05) is 7.11 Å². The molecule has 4 rings (SSSR count). The summed E-state index contributed by atoms with van der Waals surface area (Å²) in [4.78, 5) is 24.2. The normalized spacial score (nSPS) is 11.1. The molecule has 0 amide bonds. The maximum absolute atomic E-state index is 12.3. The van der Waals surface area contributed by atoms with Crippen LogP contribution in [0.2, 0.25) is 0 Å². The summed E-state index contributed by atoms with van der Waals surface area (Å²) in [5.74, 6) is -0.375. The van der Waals surface area contributed by atoms with E-state index in [0.29, 0.717) is 4.88 Å². The first-order valence-corrected chi connectivity index (χ1v) is 9.96. The molecule has 0 bridgehead atoms. The Morgan fingerprint density at radius 3 is 2.65 bits per heavy atom. The van der Waals surface area contributed by atoms with Crippen molar-refractivity contribution in [1.82, 2.24) is 0 Å². The monoisotopic (exact) mass is 380 g/mol. The van der Waals surface area contributed by atoms with E-state index in [9.17, 15) is 9.59 Å². The lowest BCUT2D eigenvalue weighted by molar-refractivity contribution is -0.140. The van der Waals surface area contributed by atoms with E-state index in [0.717, 1.165) is 11.1 Å². The topological polar surface area (TPSA) is 43.4 Å². The smallest absolute Gasteiger partial charge is 0.305 e. The molecule has 0 atom stereocenters. The number of methoxy groups -OCH3 is 1. The summed E-state index contributed by atoms with van der Waals surface area (Å²) in [5, 5.41) is 4.52. The molecule has 0 radical (unpaired) electrons. The van der Waals surface area contributed by atoms with E-state index in [4.69, 9.17) is 0 Å². The second-order valence-corrected chi connectivity index (χ2v) is 7.94. The Labute approximate surface area is 158 Å². The minimum atomic E-state index is -0.356. The van der Waals surface area contributed by atoms with E-state index in [1.165, 1.54) is 38.6 Å². The first kappa shape index (κ1) is 16.9. The number of carbonyl (C=O) groups excluding carboxylic acids is 2. The Morgan fingerprint density at radius 2 is 1.81 bits per heavy atom. The Bertz CT molecular complexity index is 1120. The lowest BCUT2D eigenvalue weighted by Gasteiger charge is -2.00. The molecule has 0 aliphatic rings. The Balaban J connectivity index is 1.69. The van der Waals surface area contributed by atoms with E-state index >= 15 is 0 Å². The van der Waals surface area contributed by atoms with Crippen LogP contribution in [0.25, 0.3) is 31.3 Å². The van der Waals surface area contributed by atoms with E-state index in [2.05, 4.69) is 47.2 Å². The number of esters is 1. The van der Waals surface area contributed by atoms with Crippen LogP contribution in [0.5, 0.6) is 0 Å². The summed E-state index contributed by atoms with van der Waals surface area (Å²) in [6.45, 7) is 0. The number of rotatable bonds is 5. The highest BCUT2D eigenvalue weighted by atomic mass is 32.1. The molecule has 26 heavy (non-hydrogen) atoms. The molecule has 0 fully saturated rings. The van der Waals surface area contributed by atoms with E-state index in [-0.39, 0.29) is 24.6 Å². The second-order valence-electron chi connectivity index (χ2n) is 5.98. The highest BCUT2D eigenvalue weighted by Gasteiger charge is 2.15. The van der Waals surface area contributed by atoms with Crippen LogP contribution in [0.4, 0.5) is 0 Å². The van der Waals surface area contributed by atoms with Gasteiger partial charge in [0.1, 0.15) is 0 Å². The van der Waals surface area contributed by atoms with Gasteiger partial charge in [-0.2, -0.15) is 0 Å². The highest BCUT2D eigenvalue weighted by Crippen LogP contribution is 2.40. The predicted octanol–water partition coefficient (Wildman–Crippen LogP) is 5.92. The van der Waals surface area contributed by atoms with Crippen LogP contribution in [0, 0.1) is 0 Å². The zero-order valence-corrected chi connectivity index (χ0v) is 15.8. The third kappa shape index (κ3) is 3.04. The van der Waals surface area contributed by atoms with Crippen LogP contribution in [0.15, 0.2) is 53.9 Å². The molecule has 0 aliphatic carbocycles. The van der Waals surface area contributed by atoms with Gasteiger partial charge in [0, 0.05) is 32.2 Å².